The van der Waals surface area contributed by atoms with Crippen molar-refractivity contribution in [1.82, 2.24) is 14.8 Å². The van der Waals surface area contributed by atoms with Crippen molar-refractivity contribution in [3.8, 4) is 6.07 Å². The van der Waals surface area contributed by atoms with Gasteiger partial charge in [0.15, 0.2) is 0 Å². The Kier molecular flexibility index (Phi) is 5.58. The van der Waals surface area contributed by atoms with Gasteiger partial charge in [0.05, 0.1) is 29.9 Å². The van der Waals surface area contributed by atoms with Crippen molar-refractivity contribution in [3.63, 3.8) is 0 Å². The Hall–Kier alpha value is -4.77. The van der Waals surface area contributed by atoms with Gasteiger partial charge in [-0.3, -0.25) is 19.3 Å². The van der Waals surface area contributed by atoms with Gasteiger partial charge in [0.1, 0.15) is 5.69 Å². The molecule has 3 heterocycles. The van der Waals surface area contributed by atoms with Gasteiger partial charge in [-0.15, -0.1) is 0 Å². The quantitative estimate of drug-likeness (QED) is 0.502. The minimum Gasteiger partial charge on any atom is -0.322 e. The number of rotatable bonds is 5. The average molecular weight is 448 g/mol. The lowest BCUT2D eigenvalue weighted by molar-refractivity contribution is 0.0947. The zero-order valence-corrected chi connectivity index (χ0v) is 18.2. The number of benzene rings is 2. The molecule has 0 unspecified atom stereocenters. The Bertz CT molecular complexity index is 1400. The van der Waals surface area contributed by atoms with Crippen LogP contribution in [0, 0.1) is 11.3 Å². The SMILES string of the molecule is N#Cc1cccc(NC(=O)c2cnn3c2C(=O)N(c2ccc(Cc4cccnc4)cc2)CC3)c1. The van der Waals surface area contributed by atoms with E-state index >= 15 is 0 Å². The number of nitriles is 1. The minimum atomic E-state index is -0.446. The molecule has 34 heavy (non-hydrogen) atoms. The summed E-state index contributed by atoms with van der Waals surface area (Å²) in [5.74, 6) is -0.724. The standard InChI is InChI=1S/C26H20N6O2/c27-15-19-3-1-5-21(14-19)30-25(33)23-17-29-32-12-11-31(26(34)24(23)32)22-8-6-18(7-9-22)13-20-4-2-10-28-16-20/h1-10,14,16-17H,11-13H2,(H,30,33). The molecule has 0 bridgehead atoms. The van der Waals surface area contributed by atoms with E-state index in [0.29, 0.717) is 24.3 Å². The Labute approximate surface area is 196 Å². The van der Waals surface area contributed by atoms with Crippen LogP contribution in [-0.2, 0) is 13.0 Å². The fourth-order valence-electron chi connectivity index (χ4n) is 4.01. The van der Waals surface area contributed by atoms with Crippen LogP contribution < -0.4 is 10.2 Å². The lowest BCUT2D eigenvalue weighted by Crippen LogP contribution is -2.41. The summed E-state index contributed by atoms with van der Waals surface area (Å²) in [7, 11) is 0. The second-order valence-electron chi connectivity index (χ2n) is 7.94. The van der Waals surface area contributed by atoms with Gasteiger partial charge in [-0.25, -0.2) is 0 Å². The van der Waals surface area contributed by atoms with Crippen molar-refractivity contribution >= 4 is 23.2 Å². The Balaban J connectivity index is 1.35. The molecule has 5 rings (SSSR count). The lowest BCUT2D eigenvalue weighted by Gasteiger charge is -2.28. The predicted octanol–water partition coefficient (Wildman–Crippen LogP) is 3.65. The van der Waals surface area contributed by atoms with E-state index in [4.69, 9.17) is 5.26 Å². The number of hydrogen-bond donors (Lipinski definition) is 1. The van der Waals surface area contributed by atoms with Gasteiger partial charge in [-0.1, -0.05) is 24.3 Å². The summed E-state index contributed by atoms with van der Waals surface area (Å²) < 4.78 is 1.57. The fourth-order valence-corrected chi connectivity index (χ4v) is 4.01. The van der Waals surface area contributed by atoms with E-state index in [2.05, 4.69) is 15.4 Å². The van der Waals surface area contributed by atoms with Gasteiger partial charge in [0.2, 0.25) is 0 Å². The minimum absolute atomic E-state index is 0.199. The Morgan fingerprint density at radius 1 is 1.03 bits per heavy atom. The molecule has 2 amide bonds. The largest absolute Gasteiger partial charge is 0.322 e. The van der Waals surface area contributed by atoms with Crippen LogP contribution in [0.25, 0.3) is 0 Å². The molecule has 0 aliphatic carbocycles. The van der Waals surface area contributed by atoms with E-state index in [1.165, 1.54) is 6.20 Å². The highest BCUT2D eigenvalue weighted by Gasteiger charge is 2.32. The molecule has 1 aliphatic heterocycles. The number of anilines is 2. The van der Waals surface area contributed by atoms with E-state index < -0.39 is 5.91 Å². The van der Waals surface area contributed by atoms with Gasteiger partial charge in [0.25, 0.3) is 11.8 Å². The molecule has 2 aromatic heterocycles. The first kappa shape index (κ1) is 21.1. The van der Waals surface area contributed by atoms with Crippen molar-refractivity contribution in [2.75, 3.05) is 16.8 Å². The smallest absolute Gasteiger partial charge is 0.277 e. The number of nitrogens with one attached hydrogen (secondary N) is 1. The van der Waals surface area contributed by atoms with Gasteiger partial charge in [0, 0.05) is 30.3 Å². The summed E-state index contributed by atoms with van der Waals surface area (Å²) in [6.07, 6.45) is 5.76. The molecular formula is C26H20N6O2. The maximum absolute atomic E-state index is 13.4. The first-order chi connectivity index (χ1) is 16.6. The summed E-state index contributed by atoms with van der Waals surface area (Å²) in [6, 6.07) is 20.4. The topological polar surface area (TPSA) is 104 Å². The first-order valence-corrected chi connectivity index (χ1v) is 10.8. The van der Waals surface area contributed by atoms with Crippen molar-refractivity contribution < 1.29 is 9.59 Å². The maximum Gasteiger partial charge on any atom is 0.277 e. The highest BCUT2D eigenvalue weighted by molar-refractivity contribution is 6.15. The number of nitrogens with zero attached hydrogens (tertiary/aromatic N) is 5. The molecule has 8 nitrogen and oxygen atoms in total. The third kappa shape index (κ3) is 4.14. The van der Waals surface area contributed by atoms with Gasteiger partial charge >= 0.3 is 0 Å². The van der Waals surface area contributed by atoms with Crippen molar-refractivity contribution in [2.45, 2.75) is 13.0 Å². The molecule has 166 valence electrons. The average Bonchev–Trinajstić information content (AvgIpc) is 3.31. The molecule has 1 N–H and O–H groups in total. The second kappa shape index (κ2) is 9.00. The van der Waals surface area contributed by atoms with E-state index in [0.717, 1.165) is 23.2 Å². The highest BCUT2D eigenvalue weighted by atomic mass is 16.2. The molecule has 0 saturated heterocycles. The molecule has 2 aromatic carbocycles. The third-order valence-electron chi connectivity index (χ3n) is 5.70. The molecule has 0 atom stereocenters. The number of hydrogen-bond acceptors (Lipinski definition) is 5. The van der Waals surface area contributed by atoms with E-state index in [-0.39, 0.29) is 17.2 Å². The highest BCUT2D eigenvalue weighted by Crippen LogP contribution is 2.25. The van der Waals surface area contributed by atoms with Crippen molar-refractivity contribution in [1.29, 1.82) is 5.26 Å². The monoisotopic (exact) mass is 448 g/mol. The van der Waals surface area contributed by atoms with Gasteiger partial charge in [-0.05, 0) is 53.9 Å². The lowest BCUT2D eigenvalue weighted by atomic mass is 10.1. The van der Waals surface area contributed by atoms with Gasteiger partial charge in [-0.2, -0.15) is 10.4 Å². The Morgan fingerprint density at radius 3 is 2.65 bits per heavy atom. The Morgan fingerprint density at radius 2 is 1.88 bits per heavy atom. The number of carbonyl (C=O) groups excluding carboxylic acids is 2. The van der Waals surface area contributed by atoms with Crippen molar-refractivity contribution in [2.24, 2.45) is 0 Å². The molecule has 0 fully saturated rings. The summed E-state index contributed by atoms with van der Waals surface area (Å²) in [5.41, 5.74) is 4.36. The zero-order valence-electron chi connectivity index (χ0n) is 18.2. The number of amides is 2. The zero-order chi connectivity index (χ0) is 23.5. The number of pyridine rings is 1. The molecule has 0 radical (unpaired) electrons. The van der Waals surface area contributed by atoms with Crippen LogP contribution in [0.4, 0.5) is 11.4 Å². The van der Waals surface area contributed by atoms with Crippen LogP contribution in [0.5, 0.6) is 0 Å². The van der Waals surface area contributed by atoms with Gasteiger partial charge < -0.3 is 10.2 Å². The summed E-state index contributed by atoms with van der Waals surface area (Å²) in [6.45, 7) is 0.941. The summed E-state index contributed by atoms with van der Waals surface area (Å²) in [5, 5.41) is 16.1. The maximum atomic E-state index is 13.4. The fraction of sp³-hybridized carbons (Fsp3) is 0.115. The third-order valence-corrected chi connectivity index (χ3v) is 5.70. The molecule has 0 spiro atoms. The second-order valence-corrected chi connectivity index (χ2v) is 7.94. The summed E-state index contributed by atoms with van der Waals surface area (Å²) >= 11 is 0. The van der Waals surface area contributed by atoms with Crippen molar-refractivity contribution in [3.05, 3.63) is 107 Å². The summed E-state index contributed by atoms with van der Waals surface area (Å²) in [4.78, 5) is 32.1. The van der Waals surface area contributed by atoms with Crippen LogP contribution in [0.2, 0.25) is 0 Å². The van der Waals surface area contributed by atoms with Crippen LogP contribution in [0.15, 0.2) is 79.3 Å². The van der Waals surface area contributed by atoms with E-state index in [9.17, 15) is 9.59 Å². The molecule has 1 aliphatic rings. The van der Waals surface area contributed by atoms with Crippen LogP contribution in [0.1, 0.15) is 37.5 Å². The molecule has 0 saturated carbocycles. The van der Waals surface area contributed by atoms with Crippen LogP contribution >= 0.6 is 0 Å². The predicted molar refractivity (Wildman–Crippen MR) is 126 cm³/mol. The molecule has 8 heteroatoms. The molecule has 4 aromatic rings. The number of carbonyl (C=O) groups is 2. The molecular weight excluding hydrogens is 428 g/mol. The van der Waals surface area contributed by atoms with E-state index in [1.54, 1.807) is 40.0 Å². The van der Waals surface area contributed by atoms with Crippen LogP contribution in [-0.4, -0.2) is 33.1 Å². The first-order valence-electron chi connectivity index (χ1n) is 10.8. The number of aromatic nitrogens is 3. The van der Waals surface area contributed by atoms with E-state index in [1.807, 2.05) is 48.7 Å². The normalized spacial score (nSPS) is 12.7. The number of fused-ring (bicyclic) bond motifs is 1. The van der Waals surface area contributed by atoms with Crippen LogP contribution in [0.3, 0.4) is 0 Å².